The second-order valence-corrected chi connectivity index (χ2v) is 7.94. The second-order valence-electron chi connectivity index (χ2n) is 2.41. The molecule has 0 saturated heterocycles. The molecule has 0 bridgehead atoms. The van der Waals surface area contributed by atoms with E-state index in [2.05, 4.69) is 4.52 Å². The summed E-state index contributed by atoms with van der Waals surface area (Å²) in [5.41, 5.74) is 0. The van der Waals surface area contributed by atoms with E-state index in [0.29, 0.717) is 0 Å². The number of carbonyl (C=O) groups excluding carboxylic acids is 1. The highest BCUT2D eigenvalue weighted by Gasteiger charge is 2.46. The van der Waals surface area contributed by atoms with E-state index in [1.165, 1.54) is 0 Å². The van der Waals surface area contributed by atoms with Gasteiger partial charge in [0.25, 0.3) is 0 Å². The number of hydrogen-bond donors (Lipinski definition) is 0. The molecular weight excluding hydrogens is 324 g/mol. The summed E-state index contributed by atoms with van der Waals surface area (Å²) < 4.78 is 95.0. The van der Waals surface area contributed by atoms with Crippen LogP contribution in [0.3, 0.4) is 0 Å². The van der Waals surface area contributed by atoms with Gasteiger partial charge in [0.2, 0.25) is 6.03 Å². The van der Waals surface area contributed by atoms with Gasteiger partial charge in [-0.1, -0.05) is 0 Å². The summed E-state index contributed by atoms with van der Waals surface area (Å²) in [7, 11) is -17.4. The van der Waals surface area contributed by atoms with E-state index in [-0.39, 0.29) is 0 Å². The van der Waals surface area contributed by atoms with Crippen LogP contribution in [0.4, 0.5) is 30.0 Å². The van der Waals surface area contributed by atoms with Gasteiger partial charge in [0, 0.05) is 0 Å². The average Bonchev–Trinajstić information content (AvgIpc) is 1.93. The van der Waals surface area contributed by atoms with Crippen LogP contribution in [0.25, 0.3) is 0 Å². The number of hydrogen-bond acceptors (Lipinski definition) is 5. The van der Waals surface area contributed by atoms with Crippen molar-refractivity contribution >= 4 is 29.1 Å². The van der Waals surface area contributed by atoms with Gasteiger partial charge in [-0.25, -0.2) is 4.52 Å². The zero-order valence-corrected chi connectivity index (χ0v) is 9.91. The third-order valence-corrected chi connectivity index (χ3v) is 7.24. The first-order valence-corrected chi connectivity index (χ1v) is 7.96. The van der Waals surface area contributed by atoms with Crippen LogP contribution < -0.4 is 0 Å². The zero-order chi connectivity index (χ0) is 13.5. The van der Waals surface area contributed by atoms with Crippen LogP contribution in [-0.4, -0.2) is 12.4 Å². The molecule has 1 aliphatic rings. The van der Waals surface area contributed by atoms with E-state index in [1.54, 1.807) is 4.52 Å². The van der Waals surface area contributed by atoms with E-state index < -0.39 is 35.5 Å². The van der Waals surface area contributed by atoms with Crippen LogP contribution >= 0.6 is 23.1 Å². The number of halogens is 7. The van der Waals surface area contributed by atoms with E-state index >= 15 is 0 Å². The fourth-order valence-corrected chi connectivity index (χ4v) is 6.50. The summed E-state index contributed by atoms with van der Waals surface area (Å²) in [5, 5.41) is 0. The maximum absolute atomic E-state index is 13.2. The van der Waals surface area contributed by atoms with Crippen molar-refractivity contribution in [1.82, 2.24) is 0 Å². The van der Waals surface area contributed by atoms with E-state index in [4.69, 9.17) is 0 Å². The molecule has 17 heavy (non-hydrogen) atoms. The molecule has 5 nitrogen and oxygen atoms in total. The molecule has 0 N–H and O–H groups in total. The lowest BCUT2D eigenvalue weighted by atomic mass is 11.4. The molecular formula is C2HF7N3O2P3. The Bertz CT molecular complexity index is 503. The molecule has 0 amide bonds. The van der Waals surface area contributed by atoms with Gasteiger partial charge in [0.1, 0.15) is 0 Å². The monoisotopic (exact) mass is 325 g/mol. The molecule has 1 aliphatic heterocycles. The van der Waals surface area contributed by atoms with Gasteiger partial charge in [0.15, 0.2) is 0 Å². The number of nitrogens with zero attached hydrogens (tertiary/aromatic N) is 3. The molecule has 0 radical (unpaired) electrons. The number of carbonyl (C=O) groups is 1. The standard InChI is InChI=1S/C2HF7N3O2P3/c3-2(4,5)14-17(9)11-15(6,1-13)10-16(7,8)12-17/h1H. The van der Waals surface area contributed by atoms with E-state index in [1.807, 2.05) is 9.03 Å². The van der Waals surface area contributed by atoms with E-state index in [0.717, 1.165) is 0 Å². The van der Waals surface area contributed by atoms with Crippen LogP contribution in [0.1, 0.15) is 0 Å². The van der Waals surface area contributed by atoms with Crippen LogP contribution in [-0.2, 0) is 9.32 Å². The van der Waals surface area contributed by atoms with Crippen LogP contribution in [0.5, 0.6) is 0 Å². The van der Waals surface area contributed by atoms with Crippen molar-refractivity contribution < 1.29 is 39.3 Å². The minimum Gasteiger partial charge on any atom is -0.292 e. The summed E-state index contributed by atoms with van der Waals surface area (Å²) in [5.74, 6) is 0. The maximum Gasteiger partial charge on any atom is 0.530 e. The maximum atomic E-state index is 13.2. The van der Waals surface area contributed by atoms with Crippen molar-refractivity contribution in [3.8, 4) is 0 Å². The highest BCUT2D eigenvalue weighted by molar-refractivity contribution is 7.86. The lowest BCUT2D eigenvalue weighted by Gasteiger charge is -2.18. The summed E-state index contributed by atoms with van der Waals surface area (Å²) in [6.07, 6.45) is -5.68. The fraction of sp³-hybridized carbons (Fsp3) is 0.500. The molecule has 2 unspecified atom stereocenters. The van der Waals surface area contributed by atoms with Gasteiger partial charge >= 0.3 is 29.4 Å². The van der Waals surface area contributed by atoms with Crippen LogP contribution in [0, 0.1) is 0 Å². The number of rotatable bonds is 2. The quantitative estimate of drug-likeness (QED) is 0.381. The molecule has 0 spiro atoms. The highest BCUT2D eigenvalue weighted by Crippen LogP contribution is 2.81. The Morgan fingerprint density at radius 1 is 1.00 bits per heavy atom. The molecule has 1 rings (SSSR count). The number of alkyl halides is 3. The highest BCUT2D eigenvalue weighted by atomic mass is 31.3. The molecule has 0 fully saturated rings. The summed E-state index contributed by atoms with van der Waals surface area (Å²) >= 11 is 0. The third-order valence-electron chi connectivity index (χ3n) is 1.04. The molecule has 2 atom stereocenters. The molecule has 0 aromatic carbocycles. The topological polar surface area (TPSA) is 63.4 Å². The second kappa shape index (κ2) is 4.19. The largest absolute Gasteiger partial charge is 0.530 e. The molecule has 15 heteroatoms. The SMILES string of the molecule is O=CP1(F)=NP(F)(F)=NP(F)(OC(F)(F)F)=N1. The van der Waals surface area contributed by atoms with Gasteiger partial charge in [-0.2, -0.15) is 12.9 Å². The lowest BCUT2D eigenvalue weighted by Crippen LogP contribution is -2.09. The Labute approximate surface area is 89.2 Å². The third kappa shape index (κ3) is 4.21. The first-order chi connectivity index (χ1) is 7.39. The Kier molecular flexibility index (Phi) is 3.67. The smallest absolute Gasteiger partial charge is 0.292 e. The van der Waals surface area contributed by atoms with Crippen molar-refractivity contribution in [1.29, 1.82) is 0 Å². The average molecular weight is 325 g/mol. The van der Waals surface area contributed by atoms with Crippen molar-refractivity contribution in [2.75, 3.05) is 0 Å². The minimum atomic E-state index is -6.03. The Hall–Kier alpha value is -0.170. The molecule has 0 aliphatic carbocycles. The molecule has 1 heterocycles. The van der Waals surface area contributed by atoms with E-state index in [9.17, 15) is 34.8 Å². The predicted molar refractivity (Wildman–Crippen MR) is 46.4 cm³/mol. The normalized spacial score (nSPS) is 36.4. The minimum absolute atomic E-state index is 0.857. The van der Waals surface area contributed by atoms with Crippen molar-refractivity contribution in [3.63, 3.8) is 0 Å². The van der Waals surface area contributed by atoms with Gasteiger partial charge in [-0.15, -0.1) is 30.6 Å². The first-order valence-electron chi connectivity index (χ1n) is 3.32. The zero-order valence-electron chi connectivity index (χ0n) is 7.22. The van der Waals surface area contributed by atoms with Gasteiger partial charge in [-0.3, -0.25) is 4.79 Å². The molecule has 100 valence electrons. The van der Waals surface area contributed by atoms with Crippen LogP contribution in [0.15, 0.2) is 13.5 Å². The predicted octanol–water partition coefficient (Wildman–Crippen LogP) is 5.53. The fourth-order valence-electron chi connectivity index (χ4n) is 0.702. The summed E-state index contributed by atoms with van der Waals surface area (Å²) in [4.78, 5) is 10.1. The lowest BCUT2D eigenvalue weighted by molar-refractivity contribution is -0.274. The van der Waals surface area contributed by atoms with Gasteiger partial charge < -0.3 is 0 Å². The molecule has 0 aromatic heterocycles. The van der Waals surface area contributed by atoms with Crippen molar-refractivity contribution in [2.24, 2.45) is 13.5 Å². The summed E-state index contributed by atoms with van der Waals surface area (Å²) in [6, 6.07) is -0.857. The summed E-state index contributed by atoms with van der Waals surface area (Å²) in [6.45, 7) is 0. The Morgan fingerprint density at radius 2 is 1.53 bits per heavy atom. The van der Waals surface area contributed by atoms with Crippen molar-refractivity contribution in [3.05, 3.63) is 0 Å². The molecule has 0 aromatic rings. The Balaban J connectivity index is 3.42. The Morgan fingerprint density at radius 3 is 1.94 bits per heavy atom. The van der Waals surface area contributed by atoms with Gasteiger partial charge in [-0.05, 0) is 0 Å². The van der Waals surface area contributed by atoms with Crippen molar-refractivity contribution in [2.45, 2.75) is 6.36 Å². The van der Waals surface area contributed by atoms with Crippen LogP contribution in [0.2, 0.25) is 0 Å². The van der Waals surface area contributed by atoms with Gasteiger partial charge in [0.05, 0.1) is 0 Å². The molecule has 0 saturated carbocycles. The first kappa shape index (κ1) is 14.9.